The topological polar surface area (TPSA) is 33.0 Å². The Balaban J connectivity index is 2.21. The lowest BCUT2D eigenvalue weighted by molar-refractivity contribution is 0.242. The molecule has 0 aromatic heterocycles. The Labute approximate surface area is 127 Å². The van der Waals surface area contributed by atoms with Crippen molar-refractivity contribution >= 4 is 0 Å². The molecule has 2 nitrogen and oxygen atoms in total. The average molecular weight is 279 g/mol. The van der Waals surface area contributed by atoms with E-state index in [-0.39, 0.29) is 6.10 Å². The number of benzene rings is 2. The first-order valence-corrected chi connectivity index (χ1v) is 7.21. The van der Waals surface area contributed by atoms with Gasteiger partial charge in [0, 0.05) is 0 Å². The molecule has 0 aliphatic heterocycles. The molecule has 0 fully saturated rings. The average Bonchev–Trinajstić information content (AvgIpc) is 2.47. The Morgan fingerprint density at radius 2 is 1.38 bits per heavy atom. The highest BCUT2D eigenvalue weighted by atomic mass is 16.5. The van der Waals surface area contributed by atoms with Gasteiger partial charge in [0.15, 0.2) is 0 Å². The molecule has 0 unspecified atom stereocenters. The molecule has 0 radical (unpaired) electrons. The highest BCUT2D eigenvalue weighted by molar-refractivity contribution is 5.64. The zero-order chi connectivity index (χ0) is 15.5. The molecule has 21 heavy (non-hydrogen) atoms. The molecular formula is C19H21NO. The fourth-order valence-corrected chi connectivity index (χ4v) is 2.14. The van der Waals surface area contributed by atoms with Crippen molar-refractivity contribution in [2.45, 2.75) is 39.2 Å². The summed E-state index contributed by atoms with van der Waals surface area (Å²) in [5, 5.41) is 9.17. The molecule has 0 atom stereocenters. The van der Waals surface area contributed by atoms with Gasteiger partial charge in [-0.05, 0) is 56.5 Å². The Hall–Kier alpha value is -2.27. The van der Waals surface area contributed by atoms with Crippen molar-refractivity contribution in [3.8, 4) is 22.9 Å². The van der Waals surface area contributed by atoms with Crippen molar-refractivity contribution < 1.29 is 4.74 Å². The molecule has 0 saturated carbocycles. The van der Waals surface area contributed by atoms with Crippen LogP contribution in [0.2, 0.25) is 0 Å². The molecule has 2 aromatic carbocycles. The third-order valence-electron chi connectivity index (χ3n) is 3.45. The van der Waals surface area contributed by atoms with Crippen LogP contribution in [0.1, 0.15) is 33.3 Å². The molecule has 2 heteroatoms. The number of rotatable bonds is 4. The van der Waals surface area contributed by atoms with E-state index in [1.54, 1.807) is 0 Å². The second-order valence-corrected chi connectivity index (χ2v) is 6.01. The number of ether oxygens (including phenoxy) is 1. The normalized spacial score (nSPS) is 11.2. The summed E-state index contributed by atoms with van der Waals surface area (Å²) >= 11 is 0. The molecule has 0 N–H and O–H groups in total. The van der Waals surface area contributed by atoms with Gasteiger partial charge in [0.25, 0.3) is 0 Å². The van der Waals surface area contributed by atoms with Crippen LogP contribution in [0.15, 0.2) is 48.5 Å². The van der Waals surface area contributed by atoms with Gasteiger partial charge >= 0.3 is 0 Å². The minimum Gasteiger partial charge on any atom is -0.491 e. The highest BCUT2D eigenvalue weighted by Gasteiger charge is 2.19. The van der Waals surface area contributed by atoms with Gasteiger partial charge in [-0.3, -0.25) is 0 Å². The standard InChI is InChI=1S/C19H21NO/c1-14(2)21-18-11-7-16(8-12-18)15-5-9-17(10-6-15)19(3,4)13-20/h5-12,14H,1-4H3. The van der Waals surface area contributed by atoms with E-state index in [0.29, 0.717) is 0 Å². The van der Waals surface area contributed by atoms with Crippen molar-refractivity contribution in [2.24, 2.45) is 0 Å². The molecule has 0 saturated heterocycles. The fourth-order valence-electron chi connectivity index (χ4n) is 2.14. The Morgan fingerprint density at radius 1 is 0.905 bits per heavy atom. The predicted octanol–water partition coefficient (Wildman–Crippen LogP) is 4.94. The van der Waals surface area contributed by atoms with Crippen LogP contribution in [0, 0.1) is 11.3 Å². The van der Waals surface area contributed by atoms with Crippen LogP contribution in [0.3, 0.4) is 0 Å². The molecule has 0 spiro atoms. The maximum atomic E-state index is 9.17. The molecular weight excluding hydrogens is 258 g/mol. The zero-order valence-electron chi connectivity index (χ0n) is 13.1. The van der Waals surface area contributed by atoms with Gasteiger partial charge in [-0.2, -0.15) is 5.26 Å². The van der Waals surface area contributed by atoms with Gasteiger partial charge < -0.3 is 4.74 Å². The van der Waals surface area contributed by atoms with Crippen LogP contribution in [0.4, 0.5) is 0 Å². The third-order valence-corrected chi connectivity index (χ3v) is 3.45. The summed E-state index contributed by atoms with van der Waals surface area (Å²) < 4.78 is 5.65. The Morgan fingerprint density at radius 3 is 1.81 bits per heavy atom. The lowest BCUT2D eigenvalue weighted by atomic mass is 9.85. The molecule has 2 rings (SSSR count). The number of nitrogens with zero attached hydrogens (tertiary/aromatic N) is 1. The molecule has 108 valence electrons. The Bertz CT molecular complexity index is 631. The largest absolute Gasteiger partial charge is 0.491 e. The van der Waals surface area contributed by atoms with E-state index in [1.165, 1.54) is 0 Å². The molecule has 2 aromatic rings. The third kappa shape index (κ3) is 3.64. The van der Waals surface area contributed by atoms with Gasteiger partial charge in [-0.25, -0.2) is 0 Å². The summed E-state index contributed by atoms with van der Waals surface area (Å²) in [6.07, 6.45) is 0.184. The first-order valence-electron chi connectivity index (χ1n) is 7.21. The Kier molecular flexibility index (Phi) is 4.33. The van der Waals surface area contributed by atoms with Crippen molar-refractivity contribution in [3.05, 3.63) is 54.1 Å². The second kappa shape index (κ2) is 6.01. The minimum atomic E-state index is -0.451. The first-order chi connectivity index (χ1) is 9.92. The minimum absolute atomic E-state index is 0.184. The number of hydrogen-bond donors (Lipinski definition) is 0. The molecule has 0 aliphatic carbocycles. The van der Waals surface area contributed by atoms with E-state index < -0.39 is 5.41 Å². The van der Waals surface area contributed by atoms with E-state index in [9.17, 15) is 5.26 Å². The molecule has 0 heterocycles. The SMILES string of the molecule is CC(C)Oc1ccc(-c2ccc(C(C)(C)C#N)cc2)cc1. The molecule has 0 aliphatic rings. The summed E-state index contributed by atoms with van der Waals surface area (Å²) in [6, 6.07) is 18.6. The lowest BCUT2D eigenvalue weighted by Crippen LogP contribution is -2.13. The fraction of sp³-hybridized carbons (Fsp3) is 0.316. The van der Waals surface area contributed by atoms with E-state index in [2.05, 4.69) is 30.3 Å². The summed E-state index contributed by atoms with van der Waals surface area (Å²) in [7, 11) is 0. The van der Waals surface area contributed by atoms with Crippen LogP contribution in [0.5, 0.6) is 5.75 Å². The van der Waals surface area contributed by atoms with E-state index in [4.69, 9.17) is 4.74 Å². The van der Waals surface area contributed by atoms with E-state index in [0.717, 1.165) is 22.4 Å². The summed E-state index contributed by atoms with van der Waals surface area (Å²) in [6.45, 7) is 7.90. The van der Waals surface area contributed by atoms with Gasteiger partial charge in [-0.15, -0.1) is 0 Å². The summed E-state index contributed by atoms with van der Waals surface area (Å²) in [4.78, 5) is 0. The van der Waals surface area contributed by atoms with E-state index in [1.807, 2.05) is 52.0 Å². The van der Waals surface area contributed by atoms with Crippen LogP contribution >= 0.6 is 0 Å². The molecule has 0 amide bonds. The van der Waals surface area contributed by atoms with Crippen LogP contribution in [-0.2, 0) is 5.41 Å². The van der Waals surface area contributed by atoms with Crippen molar-refractivity contribution in [1.29, 1.82) is 5.26 Å². The monoisotopic (exact) mass is 279 g/mol. The molecule has 0 bridgehead atoms. The lowest BCUT2D eigenvalue weighted by Gasteiger charge is -2.16. The van der Waals surface area contributed by atoms with Crippen LogP contribution in [-0.4, -0.2) is 6.10 Å². The quantitative estimate of drug-likeness (QED) is 0.794. The van der Waals surface area contributed by atoms with Crippen molar-refractivity contribution in [1.82, 2.24) is 0 Å². The van der Waals surface area contributed by atoms with Gasteiger partial charge in [-0.1, -0.05) is 36.4 Å². The first kappa shape index (κ1) is 15.1. The van der Waals surface area contributed by atoms with E-state index >= 15 is 0 Å². The van der Waals surface area contributed by atoms with Gasteiger partial charge in [0.1, 0.15) is 5.75 Å². The van der Waals surface area contributed by atoms with Gasteiger partial charge in [0.05, 0.1) is 17.6 Å². The maximum absolute atomic E-state index is 9.17. The van der Waals surface area contributed by atoms with Crippen LogP contribution in [0.25, 0.3) is 11.1 Å². The van der Waals surface area contributed by atoms with Crippen LogP contribution < -0.4 is 4.74 Å². The summed E-state index contributed by atoms with van der Waals surface area (Å²) in [5.41, 5.74) is 2.87. The highest BCUT2D eigenvalue weighted by Crippen LogP contribution is 2.27. The predicted molar refractivity (Wildman–Crippen MR) is 86.3 cm³/mol. The van der Waals surface area contributed by atoms with Gasteiger partial charge in [0.2, 0.25) is 0 Å². The van der Waals surface area contributed by atoms with Crippen molar-refractivity contribution in [2.75, 3.05) is 0 Å². The number of nitriles is 1. The smallest absolute Gasteiger partial charge is 0.119 e. The number of hydrogen-bond acceptors (Lipinski definition) is 2. The second-order valence-electron chi connectivity index (χ2n) is 6.01. The zero-order valence-corrected chi connectivity index (χ0v) is 13.1. The van der Waals surface area contributed by atoms with Crippen molar-refractivity contribution in [3.63, 3.8) is 0 Å². The summed E-state index contributed by atoms with van der Waals surface area (Å²) in [5.74, 6) is 0.885. The maximum Gasteiger partial charge on any atom is 0.119 e.